The normalized spacial score (nSPS) is 18.7. The number of aromatic nitrogens is 1. The Morgan fingerprint density at radius 1 is 1.50 bits per heavy atom. The summed E-state index contributed by atoms with van der Waals surface area (Å²) in [6.45, 7) is 8.50. The van der Waals surface area contributed by atoms with E-state index in [2.05, 4.69) is 23.7 Å². The minimum atomic E-state index is 0.247. The predicted octanol–water partition coefficient (Wildman–Crippen LogP) is 2.36. The molecular formula is C13H19N3S2. The van der Waals surface area contributed by atoms with Crippen LogP contribution in [0.1, 0.15) is 25.1 Å². The summed E-state index contributed by atoms with van der Waals surface area (Å²) < 4.78 is 0.247. The van der Waals surface area contributed by atoms with E-state index >= 15 is 0 Å². The number of hydrogen-bond acceptors (Lipinski definition) is 4. The van der Waals surface area contributed by atoms with E-state index in [0.717, 1.165) is 35.9 Å². The third-order valence-electron chi connectivity index (χ3n) is 3.00. The molecule has 0 aromatic carbocycles. The van der Waals surface area contributed by atoms with Crippen LogP contribution in [0.4, 0.5) is 5.82 Å². The first-order valence-corrected chi connectivity index (χ1v) is 7.45. The van der Waals surface area contributed by atoms with Gasteiger partial charge in [0.2, 0.25) is 0 Å². The van der Waals surface area contributed by atoms with Crippen LogP contribution in [0.5, 0.6) is 0 Å². The fraction of sp³-hybridized carbons (Fsp3) is 0.538. The second-order valence-corrected chi connectivity index (χ2v) is 7.46. The van der Waals surface area contributed by atoms with Crippen LogP contribution >= 0.6 is 24.0 Å². The van der Waals surface area contributed by atoms with Gasteiger partial charge >= 0.3 is 0 Å². The van der Waals surface area contributed by atoms with Crippen molar-refractivity contribution < 1.29 is 0 Å². The SMILES string of the molecule is Cc1ccc(C(N)=S)c(N2CCSC(C)(C)C2)n1. The van der Waals surface area contributed by atoms with Gasteiger partial charge in [-0.1, -0.05) is 12.2 Å². The fourth-order valence-corrected chi connectivity index (χ4v) is 3.44. The standard InChI is InChI=1S/C13H19N3S2/c1-9-4-5-10(11(14)17)12(15-9)16-6-7-18-13(2,3)8-16/h4-5H,6-8H2,1-3H3,(H2,14,17). The highest BCUT2D eigenvalue weighted by molar-refractivity contribution is 8.00. The van der Waals surface area contributed by atoms with Gasteiger partial charge in [0, 0.05) is 29.3 Å². The summed E-state index contributed by atoms with van der Waals surface area (Å²) in [7, 11) is 0. The van der Waals surface area contributed by atoms with Crippen molar-refractivity contribution in [2.75, 3.05) is 23.7 Å². The smallest absolute Gasteiger partial charge is 0.139 e. The molecule has 1 aromatic heterocycles. The van der Waals surface area contributed by atoms with Gasteiger partial charge in [0.15, 0.2) is 0 Å². The first-order valence-electron chi connectivity index (χ1n) is 6.05. The van der Waals surface area contributed by atoms with E-state index in [1.807, 2.05) is 30.8 Å². The lowest BCUT2D eigenvalue weighted by Crippen LogP contribution is -2.44. The first kappa shape index (κ1) is 13.6. The summed E-state index contributed by atoms with van der Waals surface area (Å²) >= 11 is 7.13. The van der Waals surface area contributed by atoms with Crippen LogP contribution in [0.3, 0.4) is 0 Å². The molecule has 1 aliphatic heterocycles. The van der Waals surface area contributed by atoms with E-state index in [1.165, 1.54) is 0 Å². The molecule has 0 spiro atoms. The van der Waals surface area contributed by atoms with Crippen molar-refractivity contribution in [3.05, 3.63) is 23.4 Å². The Bertz CT molecular complexity index is 471. The molecule has 1 saturated heterocycles. The van der Waals surface area contributed by atoms with Crippen molar-refractivity contribution in [3.8, 4) is 0 Å². The number of anilines is 1. The van der Waals surface area contributed by atoms with E-state index in [-0.39, 0.29) is 4.75 Å². The van der Waals surface area contributed by atoms with Crippen LogP contribution in [-0.4, -0.2) is 33.6 Å². The average molecular weight is 281 g/mol. The third kappa shape index (κ3) is 2.95. The van der Waals surface area contributed by atoms with Crippen LogP contribution in [0, 0.1) is 6.92 Å². The minimum Gasteiger partial charge on any atom is -0.389 e. The Labute approximate surface area is 118 Å². The van der Waals surface area contributed by atoms with Crippen molar-refractivity contribution in [1.29, 1.82) is 0 Å². The fourth-order valence-electron chi connectivity index (χ4n) is 2.17. The number of hydrogen-bond donors (Lipinski definition) is 1. The molecule has 0 atom stereocenters. The number of nitrogens with two attached hydrogens (primary N) is 1. The minimum absolute atomic E-state index is 0.247. The first-order chi connectivity index (χ1) is 8.39. The van der Waals surface area contributed by atoms with Crippen molar-refractivity contribution in [3.63, 3.8) is 0 Å². The molecular weight excluding hydrogens is 262 g/mol. The number of rotatable bonds is 2. The Kier molecular flexibility index (Phi) is 3.82. The Balaban J connectivity index is 2.37. The number of nitrogens with zero attached hydrogens (tertiary/aromatic N) is 2. The van der Waals surface area contributed by atoms with Gasteiger partial charge in [0.05, 0.1) is 5.56 Å². The van der Waals surface area contributed by atoms with Gasteiger partial charge < -0.3 is 10.6 Å². The molecule has 0 unspecified atom stereocenters. The molecule has 1 fully saturated rings. The number of thiocarbonyl (C=S) groups is 1. The quantitative estimate of drug-likeness (QED) is 0.843. The highest BCUT2D eigenvalue weighted by Gasteiger charge is 2.29. The Hall–Kier alpha value is -0.810. The van der Waals surface area contributed by atoms with E-state index in [4.69, 9.17) is 18.0 Å². The maximum absolute atomic E-state index is 5.80. The molecule has 0 saturated carbocycles. The molecule has 1 aromatic rings. The van der Waals surface area contributed by atoms with Crippen LogP contribution in [0.15, 0.2) is 12.1 Å². The number of aryl methyl sites for hydroxylation is 1. The number of thioether (sulfide) groups is 1. The molecule has 0 bridgehead atoms. The second-order valence-electron chi connectivity index (χ2n) is 5.22. The van der Waals surface area contributed by atoms with Gasteiger partial charge in [-0.05, 0) is 32.9 Å². The van der Waals surface area contributed by atoms with Crippen LogP contribution < -0.4 is 10.6 Å². The lowest BCUT2D eigenvalue weighted by atomic mass is 10.1. The van der Waals surface area contributed by atoms with E-state index in [0.29, 0.717) is 4.99 Å². The van der Waals surface area contributed by atoms with Gasteiger partial charge in [-0.2, -0.15) is 11.8 Å². The van der Waals surface area contributed by atoms with E-state index in [1.54, 1.807) is 0 Å². The molecule has 2 rings (SSSR count). The summed E-state index contributed by atoms with van der Waals surface area (Å²) in [5.41, 5.74) is 7.69. The van der Waals surface area contributed by atoms with Crippen molar-refractivity contribution in [2.24, 2.45) is 5.73 Å². The molecule has 5 heteroatoms. The summed E-state index contributed by atoms with van der Waals surface area (Å²) in [6.07, 6.45) is 0. The van der Waals surface area contributed by atoms with Gasteiger partial charge in [-0.15, -0.1) is 0 Å². The van der Waals surface area contributed by atoms with Crippen LogP contribution in [0.2, 0.25) is 0 Å². The summed E-state index contributed by atoms with van der Waals surface area (Å²) in [4.78, 5) is 7.36. The molecule has 18 heavy (non-hydrogen) atoms. The second kappa shape index (κ2) is 5.05. The topological polar surface area (TPSA) is 42.1 Å². The predicted molar refractivity (Wildman–Crippen MR) is 83.6 cm³/mol. The molecule has 0 amide bonds. The molecule has 2 N–H and O–H groups in total. The van der Waals surface area contributed by atoms with Crippen LogP contribution in [0.25, 0.3) is 0 Å². The monoisotopic (exact) mass is 281 g/mol. The van der Waals surface area contributed by atoms with Crippen molar-refractivity contribution >= 4 is 34.8 Å². The maximum atomic E-state index is 5.80. The van der Waals surface area contributed by atoms with Crippen LogP contribution in [-0.2, 0) is 0 Å². The van der Waals surface area contributed by atoms with Crippen molar-refractivity contribution in [1.82, 2.24) is 4.98 Å². The molecule has 1 aliphatic rings. The molecule has 2 heterocycles. The molecule has 98 valence electrons. The summed E-state index contributed by atoms with van der Waals surface area (Å²) in [5, 5.41) is 0. The maximum Gasteiger partial charge on any atom is 0.139 e. The Morgan fingerprint density at radius 3 is 2.83 bits per heavy atom. The highest BCUT2D eigenvalue weighted by Crippen LogP contribution is 2.32. The Morgan fingerprint density at radius 2 is 2.22 bits per heavy atom. The van der Waals surface area contributed by atoms with Crippen molar-refractivity contribution in [2.45, 2.75) is 25.5 Å². The molecule has 0 aliphatic carbocycles. The molecule has 3 nitrogen and oxygen atoms in total. The van der Waals surface area contributed by atoms with Gasteiger partial charge in [-0.25, -0.2) is 4.98 Å². The largest absolute Gasteiger partial charge is 0.389 e. The molecule has 0 radical (unpaired) electrons. The van der Waals surface area contributed by atoms with Gasteiger partial charge in [-0.3, -0.25) is 0 Å². The van der Waals surface area contributed by atoms with E-state index < -0.39 is 0 Å². The summed E-state index contributed by atoms with van der Waals surface area (Å²) in [6, 6.07) is 3.94. The zero-order chi connectivity index (χ0) is 13.3. The highest BCUT2D eigenvalue weighted by atomic mass is 32.2. The van der Waals surface area contributed by atoms with Gasteiger partial charge in [0.1, 0.15) is 10.8 Å². The lowest BCUT2D eigenvalue weighted by Gasteiger charge is -2.39. The average Bonchev–Trinajstić information content (AvgIpc) is 2.27. The third-order valence-corrected chi connectivity index (χ3v) is 4.52. The zero-order valence-electron chi connectivity index (χ0n) is 11.1. The van der Waals surface area contributed by atoms with Gasteiger partial charge in [0.25, 0.3) is 0 Å². The number of pyridine rings is 1. The van der Waals surface area contributed by atoms with E-state index in [9.17, 15) is 0 Å². The summed E-state index contributed by atoms with van der Waals surface area (Å²) in [5.74, 6) is 2.05. The zero-order valence-corrected chi connectivity index (χ0v) is 12.7. The lowest BCUT2D eigenvalue weighted by molar-refractivity contribution is 0.641.